The Bertz CT molecular complexity index is 732. The molecule has 3 rings (SSSR count). The van der Waals surface area contributed by atoms with Gasteiger partial charge in [0.05, 0.1) is 19.1 Å². The summed E-state index contributed by atoms with van der Waals surface area (Å²) in [6.07, 6.45) is 2.37. The van der Waals surface area contributed by atoms with E-state index in [-0.39, 0.29) is 25.1 Å². The molecule has 1 atom stereocenters. The van der Waals surface area contributed by atoms with Gasteiger partial charge in [0.25, 0.3) is 0 Å². The first-order valence-electron chi connectivity index (χ1n) is 8.84. The van der Waals surface area contributed by atoms with E-state index in [1.54, 1.807) is 19.1 Å². The van der Waals surface area contributed by atoms with Crippen molar-refractivity contribution in [3.8, 4) is 0 Å². The van der Waals surface area contributed by atoms with Crippen LogP contribution in [0, 0.1) is 0 Å². The molecule has 1 aliphatic heterocycles. The van der Waals surface area contributed by atoms with E-state index in [4.69, 9.17) is 18.5 Å². The van der Waals surface area contributed by atoms with E-state index in [2.05, 4.69) is 25.6 Å². The van der Waals surface area contributed by atoms with Crippen LogP contribution < -0.4 is 5.32 Å². The molecule has 1 aliphatic rings. The summed E-state index contributed by atoms with van der Waals surface area (Å²) in [5.41, 5.74) is 0. The van der Waals surface area contributed by atoms with Crippen molar-refractivity contribution >= 4 is 6.03 Å². The minimum absolute atomic E-state index is 0.0324. The molecular formula is C16H24N6O5. The molecule has 0 spiro atoms. The van der Waals surface area contributed by atoms with Crippen LogP contribution in [0.1, 0.15) is 42.2 Å². The number of aromatic nitrogens is 4. The quantitative estimate of drug-likeness (QED) is 0.709. The molecule has 2 amide bonds. The standard InChI is InChI=1S/C16H24N6O5/c1-24-7-5-12-19-15(27-20-12)11-4-3-6-22(9-11)16(23)17-8-14-18-13(10-25-2)21-26-14/h11H,3-10H2,1-2H3,(H,17,23)/t11-/m1/s1. The molecule has 11 heteroatoms. The summed E-state index contributed by atoms with van der Waals surface area (Å²) in [6.45, 7) is 2.17. The molecule has 1 saturated heterocycles. The van der Waals surface area contributed by atoms with Crippen molar-refractivity contribution in [1.82, 2.24) is 30.5 Å². The van der Waals surface area contributed by atoms with E-state index < -0.39 is 0 Å². The van der Waals surface area contributed by atoms with E-state index in [1.165, 1.54) is 0 Å². The van der Waals surface area contributed by atoms with Gasteiger partial charge in [-0.25, -0.2) is 4.79 Å². The van der Waals surface area contributed by atoms with Gasteiger partial charge in [0.1, 0.15) is 6.61 Å². The van der Waals surface area contributed by atoms with Crippen molar-refractivity contribution in [3.05, 3.63) is 23.4 Å². The van der Waals surface area contributed by atoms with Crippen LogP contribution in [0.5, 0.6) is 0 Å². The highest BCUT2D eigenvalue weighted by molar-refractivity contribution is 5.74. The monoisotopic (exact) mass is 380 g/mol. The van der Waals surface area contributed by atoms with Crippen LogP contribution in [0.3, 0.4) is 0 Å². The molecule has 11 nitrogen and oxygen atoms in total. The third-order valence-electron chi connectivity index (χ3n) is 4.25. The van der Waals surface area contributed by atoms with Gasteiger partial charge < -0.3 is 28.7 Å². The maximum absolute atomic E-state index is 12.4. The molecule has 0 aliphatic carbocycles. The van der Waals surface area contributed by atoms with Crippen LogP contribution in [0.2, 0.25) is 0 Å². The number of carbonyl (C=O) groups is 1. The Morgan fingerprint density at radius 3 is 2.89 bits per heavy atom. The van der Waals surface area contributed by atoms with Crippen LogP contribution in [0.4, 0.5) is 4.79 Å². The number of amides is 2. The normalized spacial score (nSPS) is 17.3. The van der Waals surface area contributed by atoms with Crippen molar-refractivity contribution in [2.24, 2.45) is 0 Å². The minimum atomic E-state index is -0.190. The van der Waals surface area contributed by atoms with Gasteiger partial charge in [0.2, 0.25) is 11.8 Å². The fourth-order valence-electron chi connectivity index (χ4n) is 2.90. The summed E-state index contributed by atoms with van der Waals surface area (Å²) < 4.78 is 20.4. The molecule has 0 radical (unpaired) electrons. The smallest absolute Gasteiger partial charge is 0.317 e. The average molecular weight is 380 g/mol. The Morgan fingerprint density at radius 1 is 1.22 bits per heavy atom. The number of nitrogens with zero attached hydrogens (tertiary/aromatic N) is 5. The number of rotatable bonds is 8. The highest BCUT2D eigenvalue weighted by atomic mass is 16.5. The van der Waals surface area contributed by atoms with Crippen LogP contribution in [-0.4, -0.2) is 65.1 Å². The molecular weight excluding hydrogens is 356 g/mol. The number of likely N-dealkylation sites (tertiary alicyclic amines) is 1. The van der Waals surface area contributed by atoms with Gasteiger partial charge in [-0.05, 0) is 12.8 Å². The van der Waals surface area contributed by atoms with Crippen LogP contribution >= 0.6 is 0 Å². The third-order valence-corrected chi connectivity index (χ3v) is 4.25. The molecule has 27 heavy (non-hydrogen) atoms. The lowest BCUT2D eigenvalue weighted by Crippen LogP contribution is -2.44. The predicted molar refractivity (Wildman–Crippen MR) is 90.7 cm³/mol. The van der Waals surface area contributed by atoms with E-state index in [0.29, 0.717) is 49.5 Å². The number of urea groups is 1. The highest BCUT2D eigenvalue weighted by Crippen LogP contribution is 2.25. The van der Waals surface area contributed by atoms with Crippen molar-refractivity contribution in [1.29, 1.82) is 0 Å². The Balaban J connectivity index is 1.50. The average Bonchev–Trinajstić information content (AvgIpc) is 3.34. The predicted octanol–water partition coefficient (Wildman–Crippen LogP) is 0.877. The van der Waals surface area contributed by atoms with E-state index in [1.807, 2.05) is 0 Å². The Morgan fingerprint density at radius 2 is 2.07 bits per heavy atom. The van der Waals surface area contributed by atoms with Crippen LogP contribution in [-0.2, 0) is 29.0 Å². The molecule has 0 bridgehead atoms. The van der Waals surface area contributed by atoms with Crippen molar-refractivity contribution in [3.63, 3.8) is 0 Å². The number of carbonyl (C=O) groups excluding carboxylic acids is 1. The zero-order valence-electron chi connectivity index (χ0n) is 15.5. The summed E-state index contributed by atoms with van der Waals surface area (Å²) in [4.78, 5) is 22.7. The van der Waals surface area contributed by atoms with Gasteiger partial charge in [0, 0.05) is 33.7 Å². The van der Waals surface area contributed by atoms with Crippen molar-refractivity contribution < 1.29 is 23.3 Å². The minimum Gasteiger partial charge on any atom is -0.384 e. The Labute approximate surface area is 156 Å². The number of hydrogen-bond donors (Lipinski definition) is 1. The zero-order valence-corrected chi connectivity index (χ0v) is 15.5. The summed E-state index contributed by atoms with van der Waals surface area (Å²) in [7, 11) is 3.18. The number of nitrogens with one attached hydrogen (secondary N) is 1. The SMILES string of the molecule is COCCc1noc([C@@H]2CCCN(C(=O)NCc3nc(COC)no3)C2)n1. The third kappa shape index (κ3) is 5.23. The van der Waals surface area contributed by atoms with E-state index in [0.717, 1.165) is 12.8 Å². The van der Waals surface area contributed by atoms with Gasteiger partial charge in [0.15, 0.2) is 11.6 Å². The second-order valence-electron chi connectivity index (χ2n) is 6.27. The van der Waals surface area contributed by atoms with E-state index >= 15 is 0 Å². The number of piperidine rings is 1. The largest absolute Gasteiger partial charge is 0.384 e. The maximum Gasteiger partial charge on any atom is 0.317 e. The molecule has 0 saturated carbocycles. The first-order chi connectivity index (χ1) is 13.2. The topological polar surface area (TPSA) is 129 Å². The van der Waals surface area contributed by atoms with Crippen molar-refractivity contribution in [2.75, 3.05) is 33.9 Å². The Hall–Kier alpha value is -2.53. The first kappa shape index (κ1) is 19.2. The zero-order chi connectivity index (χ0) is 19.1. The number of methoxy groups -OCH3 is 2. The van der Waals surface area contributed by atoms with Gasteiger partial charge in [-0.3, -0.25) is 0 Å². The van der Waals surface area contributed by atoms with Gasteiger partial charge >= 0.3 is 6.03 Å². The Kier molecular flexibility index (Phi) is 6.71. The first-order valence-corrected chi connectivity index (χ1v) is 8.84. The molecule has 2 aromatic rings. The maximum atomic E-state index is 12.4. The molecule has 0 aromatic carbocycles. The number of ether oxygens (including phenoxy) is 2. The lowest BCUT2D eigenvalue weighted by Gasteiger charge is -2.30. The molecule has 1 N–H and O–H groups in total. The second kappa shape index (κ2) is 9.42. The molecule has 148 valence electrons. The van der Waals surface area contributed by atoms with Crippen molar-refractivity contribution in [2.45, 2.75) is 38.3 Å². The van der Waals surface area contributed by atoms with Gasteiger partial charge in [-0.2, -0.15) is 9.97 Å². The van der Waals surface area contributed by atoms with Gasteiger partial charge in [-0.1, -0.05) is 10.3 Å². The van der Waals surface area contributed by atoms with Gasteiger partial charge in [-0.15, -0.1) is 0 Å². The summed E-state index contributed by atoms with van der Waals surface area (Å²) >= 11 is 0. The van der Waals surface area contributed by atoms with E-state index in [9.17, 15) is 4.79 Å². The molecule has 0 unspecified atom stereocenters. The summed E-state index contributed by atoms with van der Waals surface area (Å²) in [6, 6.07) is -0.190. The lowest BCUT2D eigenvalue weighted by molar-refractivity contribution is 0.170. The van der Waals surface area contributed by atoms with Crippen LogP contribution in [0.25, 0.3) is 0 Å². The fraction of sp³-hybridized carbons (Fsp3) is 0.688. The molecule has 3 heterocycles. The fourth-order valence-corrected chi connectivity index (χ4v) is 2.90. The number of hydrogen-bond acceptors (Lipinski definition) is 9. The highest BCUT2D eigenvalue weighted by Gasteiger charge is 2.28. The summed E-state index contributed by atoms with van der Waals surface area (Å²) in [5.74, 6) is 2.01. The summed E-state index contributed by atoms with van der Waals surface area (Å²) in [5, 5.41) is 10.5. The van der Waals surface area contributed by atoms with Crippen LogP contribution in [0.15, 0.2) is 9.05 Å². The second-order valence-corrected chi connectivity index (χ2v) is 6.27. The molecule has 2 aromatic heterocycles. The molecule has 1 fully saturated rings. The lowest BCUT2D eigenvalue weighted by atomic mass is 9.98.